The second-order valence-corrected chi connectivity index (χ2v) is 11.8. The van der Waals surface area contributed by atoms with E-state index >= 15 is 0 Å². The summed E-state index contributed by atoms with van der Waals surface area (Å²) >= 11 is 0. The van der Waals surface area contributed by atoms with Gasteiger partial charge >= 0.3 is 11.8 Å². The first kappa shape index (κ1) is 29.6. The first-order valence-electron chi connectivity index (χ1n) is 14.1. The Bertz CT molecular complexity index is 1430. The molecule has 3 amide bonds. The molecule has 0 atom stereocenters. The number of halogens is 1. The van der Waals surface area contributed by atoms with Crippen LogP contribution in [-0.2, 0) is 33.0 Å². The molecule has 2 fully saturated rings. The zero-order valence-electron chi connectivity index (χ0n) is 24.2. The highest BCUT2D eigenvalue weighted by atomic mass is 19.1. The number of ether oxygens (including phenoxy) is 1. The Morgan fingerprint density at radius 3 is 2.31 bits per heavy atom. The van der Waals surface area contributed by atoms with Crippen molar-refractivity contribution in [3.63, 3.8) is 0 Å². The quantitative estimate of drug-likeness (QED) is 0.473. The van der Waals surface area contributed by atoms with E-state index in [0.717, 1.165) is 13.1 Å². The van der Waals surface area contributed by atoms with E-state index in [0.29, 0.717) is 51.0 Å². The number of nitrogens with zero attached hydrogens (tertiary/aromatic N) is 5. The molecule has 1 saturated heterocycles. The van der Waals surface area contributed by atoms with Gasteiger partial charge in [-0.1, -0.05) is 12.1 Å². The van der Waals surface area contributed by atoms with Gasteiger partial charge in [-0.15, -0.1) is 0 Å². The number of likely N-dealkylation sites (N-methyl/N-ethyl adjacent to an activating group) is 2. The molecular formula is C29H37FN6O6. The summed E-state index contributed by atoms with van der Waals surface area (Å²) in [5, 5.41) is 13.6. The number of hydrogen-bond donors (Lipinski definition) is 2. The fraction of sp³-hybridized carbons (Fsp3) is 0.552. The number of carbonyl (C=O) groups is 3. The number of rotatable bonds is 6. The number of nitrogens with one attached hydrogen (secondary N) is 1. The lowest BCUT2D eigenvalue weighted by atomic mass is 9.67. The number of fused-ring (bicyclic) bond motifs is 2. The number of carbonyl (C=O) groups excluding carboxylic acids is 3. The van der Waals surface area contributed by atoms with Crippen LogP contribution in [0, 0.1) is 11.2 Å². The summed E-state index contributed by atoms with van der Waals surface area (Å²) in [4.78, 5) is 62.6. The standard InChI is InChI=1S/C29H37FN6O6/c1-33(2)25(40)26(41)34(3)29-10-8-28(9-11-29,17-35-12-14-42-15-13-35)18-36-24(39)22(37)21(32-27(29)36)23(38)31-16-19-4-6-20(30)7-5-19/h4-7,37H,8-18H2,1-3H3,(H,31,38). The van der Waals surface area contributed by atoms with E-state index in [4.69, 9.17) is 4.74 Å². The molecule has 0 spiro atoms. The van der Waals surface area contributed by atoms with Crippen LogP contribution in [0.3, 0.4) is 0 Å². The second kappa shape index (κ2) is 11.4. The van der Waals surface area contributed by atoms with Gasteiger partial charge in [0, 0.05) is 59.3 Å². The Labute approximate surface area is 243 Å². The first-order chi connectivity index (χ1) is 20.0. The van der Waals surface area contributed by atoms with Crippen LogP contribution in [0.1, 0.15) is 47.6 Å². The Hall–Kier alpha value is -3.84. The van der Waals surface area contributed by atoms with Crippen molar-refractivity contribution in [1.29, 1.82) is 0 Å². The fourth-order valence-corrected chi connectivity index (χ4v) is 6.44. The van der Waals surface area contributed by atoms with Gasteiger partial charge in [0.2, 0.25) is 5.75 Å². The minimum atomic E-state index is -1.15. The van der Waals surface area contributed by atoms with Gasteiger partial charge in [-0.3, -0.25) is 28.6 Å². The molecule has 2 N–H and O–H groups in total. The molecule has 4 heterocycles. The predicted molar refractivity (Wildman–Crippen MR) is 149 cm³/mol. The molecule has 42 heavy (non-hydrogen) atoms. The van der Waals surface area contributed by atoms with Crippen LogP contribution in [0.5, 0.6) is 5.75 Å². The smallest absolute Gasteiger partial charge is 0.312 e. The lowest BCUT2D eigenvalue weighted by Gasteiger charge is -2.47. The van der Waals surface area contributed by atoms with Crippen LogP contribution < -0.4 is 10.9 Å². The van der Waals surface area contributed by atoms with Crippen molar-refractivity contribution in [3.8, 4) is 5.75 Å². The van der Waals surface area contributed by atoms with E-state index in [2.05, 4.69) is 15.2 Å². The molecule has 13 heteroatoms. The molecular weight excluding hydrogens is 547 g/mol. The molecule has 6 rings (SSSR count). The fourth-order valence-electron chi connectivity index (χ4n) is 6.44. The van der Waals surface area contributed by atoms with E-state index in [1.807, 2.05) is 0 Å². The summed E-state index contributed by atoms with van der Waals surface area (Å²) < 4.78 is 20.2. The van der Waals surface area contributed by atoms with E-state index in [-0.39, 0.29) is 24.3 Å². The van der Waals surface area contributed by atoms with Crippen molar-refractivity contribution in [2.45, 2.75) is 44.3 Å². The third kappa shape index (κ3) is 5.38. The lowest BCUT2D eigenvalue weighted by Crippen LogP contribution is -2.55. The Morgan fingerprint density at radius 1 is 1.05 bits per heavy atom. The normalized spacial score (nSPS) is 23.5. The molecule has 2 bridgehead atoms. The zero-order valence-corrected chi connectivity index (χ0v) is 24.2. The van der Waals surface area contributed by atoms with Gasteiger partial charge in [-0.2, -0.15) is 0 Å². The molecule has 12 nitrogen and oxygen atoms in total. The van der Waals surface area contributed by atoms with E-state index in [1.54, 1.807) is 0 Å². The van der Waals surface area contributed by atoms with Crippen molar-refractivity contribution < 1.29 is 28.6 Å². The SMILES string of the molecule is CN(C)C(=O)C(=O)N(C)C12CCC(CN3CCOCC3)(CC1)Cn1c2nc(C(=O)NCc2ccc(F)cc2)c(O)c1=O. The molecule has 2 aromatic rings. The van der Waals surface area contributed by atoms with Crippen molar-refractivity contribution in [2.24, 2.45) is 5.41 Å². The summed E-state index contributed by atoms with van der Waals surface area (Å²) in [5.41, 5.74) is -2.10. The van der Waals surface area contributed by atoms with Crippen molar-refractivity contribution in [3.05, 3.63) is 57.5 Å². The number of aromatic nitrogens is 2. The minimum absolute atomic E-state index is 0.0161. The van der Waals surface area contributed by atoms with Crippen LogP contribution in [0.15, 0.2) is 29.1 Å². The summed E-state index contributed by atoms with van der Waals surface area (Å²) in [5.74, 6) is -3.27. The maximum Gasteiger partial charge on any atom is 0.312 e. The van der Waals surface area contributed by atoms with Gasteiger partial charge < -0.3 is 25.0 Å². The summed E-state index contributed by atoms with van der Waals surface area (Å²) in [6, 6.07) is 5.55. The predicted octanol–water partition coefficient (Wildman–Crippen LogP) is 0.666. The third-order valence-corrected chi connectivity index (χ3v) is 8.97. The Morgan fingerprint density at radius 2 is 1.69 bits per heavy atom. The topological polar surface area (TPSA) is 137 Å². The molecule has 4 aliphatic rings. The molecule has 1 saturated carbocycles. The number of aromatic hydroxyl groups is 1. The number of morpholine rings is 1. The van der Waals surface area contributed by atoms with Crippen LogP contribution in [0.2, 0.25) is 0 Å². The number of hydrogen-bond acceptors (Lipinski definition) is 8. The van der Waals surface area contributed by atoms with Gasteiger partial charge in [-0.25, -0.2) is 9.37 Å². The monoisotopic (exact) mass is 584 g/mol. The van der Waals surface area contributed by atoms with Crippen molar-refractivity contribution in [1.82, 2.24) is 29.6 Å². The summed E-state index contributed by atoms with van der Waals surface area (Å²) in [6.07, 6.45) is 2.14. The second-order valence-electron chi connectivity index (χ2n) is 11.8. The molecule has 0 radical (unpaired) electrons. The van der Waals surface area contributed by atoms with Gasteiger partial charge in [0.25, 0.3) is 11.5 Å². The minimum Gasteiger partial charge on any atom is -0.501 e. The zero-order chi connectivity index (χ0) is 30.2. The van der Waals surface area contributed by atoms with Crippen molar-refractivity contribution >= 4 is 17.7 Å². The Balaban J connectivity index is 1.55. The third-order valence-electron chi connectivity index (χ3n) is 8.97. The highest BCUT2D eigenvalue weighted by Gasteiger charge is 2.54. The van der Waals surface area contributed by atoms with Crippen LogP contribution in [-0.4, -0.2) is 101 Å². The highest BCUT2D eigenvalue weighted by molar-refractivity contribution is 6.34. The van der Waals surface area contributed by atoms with E-state index in [1.165, 1.54) is 59.8 Å². The van der Waals surface area contributed by atoms with Crippen LogP contribution in [0.25, 0.3) is 0 Å². The Kier molecular flexibility index (Phi) is 8.08. The average Bonchev–Trinajstić information content (AvgIpc) is 3.21. The maximum absolute atomic E-state index is 13.8. The van der Waals surface area contributed by atoms with E-state index in [9.17, 15) is 28.7 Å². The molecule has 226 valence electrons. The molecule has 1 aliphatic carbocycles. The lowest BCUT2D eigenvalue weighted by molar-refractivity contribution is -0.155. The van der Waals surface area contributed by atoms with Gasteiger partial charge in [0.15, 0.2) is 5.69 Å². The van der Waals surface area contributed by atoms with Gasteiger partial charge in [-0.05, 0) is 43.4 Å². The number of amides is 3. The van der Waals surface area contributed by atoms with Gasteiger partial charge in [0.05, 0.1) is 13.2 Å². The number of benzene rings is 1. The van der Waals surface area contributed by atoms with Gasteiger partial charge in [0.1, 0.15) is 17.2 Å². The molecule has 1 aromatic heterocycles. The maximum atomic E-state index is 13.8. The van der Waals surface area contributed by atoms with Crippen LogP contribution >= 0.6 is 0 Å². The average molecular weight is 585 g/mol. The molecule has 0 unspecified atom stereocenters. The van der Waals surface area contributed by atoms with Crippen LogP contribution in [0.4, 0.5) is 4.39 Å². The first-order valence-corrected chi connectivity index (χ1v) is 14.1. The summed E-state index contributed by atoms with van der Waals surface area (Å²) in [6.45, 7) is 3.75. The summed E-state index contributed by atoms with van der Waals surface area (Å²) in [7, 11) is 4.51. The van der Waals surface area contributed by atoms with Crippen molar-refractivity contribution in [2.75, 3.05) is 54.0 Å². The highest BCUT2D eigenvalue weighted by Crippen LogP contribution is 2.52. The molecule has 1 aromatic carbocycles. The largest absolute Gasteiger partial charge is 0.501 e. The molecule has 3 aliphatic heterocycles. The van der Waals surface area contributed by atoms with E-state index < -0.39 is 46.1 Å².